The number of nitrogens with zero attached hydrogens (tertiary/aromatic N) is 3. The maximum atomic E-state index is 14.4. The molecule has 2 aromatic carbocycles. The van der Waals surface area contributed by atoms with Crippen LogP contribution < -0.4 is 10.3 Å². The van der Waals surface area contributed by atoms with Gasteiger partial charge in [0, 0.05) is 90.7 Å². The first kappa shape index (κ1) is 68.6. The molecule has 476 valence electrons. The summed E-state index contributed by atoms with van der Waals surface area (Å²) in [6, 6.07) is 10.7. The lowest BCUT2D eigenvalue weighted by Crippen LogP contribution is -2.63. The first-order valence-corrected chi connectivity index (χ1v) is 29.2. The summed E-state index contributed by atoms with van der Waals surface area (Å²) < 4.78 is 91.8. The molecule has 1 N–H and O–H groups in total. The van der Waals surface area contributed by atoms with Crippen molar-refractivity contribution >= 4 is 63.7 Å². The largest absolute Gasteiger partial charge is 0.463 e. The fraction of sp³-hybridized carbons (Fsp3) is 0.567. The highest BCUT2D eigenvalue weighted by Gasteiger charge is 2.54. The topological polar surface area (TPSA) is 294 Å². The van der Waals surface area contributed by atoms with Crippen molar-refractivity contribution in [2.24, 2.45) is 0 Å². The number of benzene rings is 2. The minimum atomic E-state index is -1.43. The Morgan fingerprint density at radius 3 is 1.39 bits per heavy atom. The normalized spacial score (nSPS) is 23.3. The summed E-state index contributed by atoms with van der Waals surface area (Å²) in [5.41, 5.74) is 5.83. The number of ether oxygens (including phenoxy) is 11. The maximum absolute atomic E-state index is 14.4. The van der Waals surface area contributed by atoms with Crippen LogP contribution in [-0.4, -0.2) is 141 Å². The molecular weight excluding hydrogens is 1210 g/mol. The van der Waals surface area contributed by atoms with Crippen LogP contribution in [0.15, 0.2) is 41.2 Å². The van der Waals surface area contributed by atoms with Gasteiger partial charge in [-0.3, -0.25) is 57.6 Å². The number of carbonyl (C=O) groups excluding carboxylic acids is 8. The number of nitrogens with one attached hydrogen (secondary N) is 1. The van der Waals surface area contributed by atoms with E-state index in [1.807, 2.05) is 35.3 Å². The zero-order valence-corrected chi connectivity index (χ0v) is 52.2. The van der Waals surface area contributed by atoms with Gasteiger partial charge >= 0.3 is 47.8 Å². The number of carbonyl (C=O) groups is 8. The molecule has 0 bridgehead atoms. The van der Waals surface area contributed by atoms with Gasteiger partial charge in [0.15, 0.2) is 35.5 Å². The third-order valence-corrected chi connectivity index (χ3v) is 15.5. The summed E-state index contributed by atoms with van der Waals surface area (Å²) >= 11 is 3.18. The number of esters is 8. The molecule has 8 rings (SSSR count). The predicted octanol–water partition coefficient (Wildman–Crippen LogP) is 7.13. The Bertz CT molecular complexity index is 3210. The van der Waals surface area contributed by atoms with E-state index >= 15 is 0 Å². The molecular formula is C60H75BrF2N4O20. The minimum absolute atomic E-state index is 0.0459. The fourth-order valence-electron chi connectivity index (χ4n) is 10.1. The molecule has 24 nitrogen and oxygen atoms in total. The average Bonchev–Trinajstić information content (AvgIpc) is 2.05. The number of alkyl halides is 1. The van der Waals surface area contributed by atoms with Crippen molar-refractivity contribution in [3.05, 3.63) is 103 Å². The molecule has 0 spiro atoms. The molecule has 0 radical (unpaired) electrons. The highest BCUT2D eigenvalue weighted by Crippen LogP contribution is 2.39. The van der Waals surface area contributed by atoms with Crippen molar-refractivity contribution < 1.29 is 99.2 Å². The number of H-pyrrole nitrogens is 1. The molecule has 10 atom stereocenters. The molecule has 2 aromatic heterocycles. The summed E-state index contributed by atoms with van der Waals surface area (Å²) in [4.78, 5) is 105. The quantitative estimate of drug-likeness (QED) is 0.0588. The van der Waals surface area contributed by atoms with E-state index in [2.05, 4.69) is 21.0 Å². The van der Waals surface area contributed by atoms with Crippen molar-refractivity contribution in [2.75, 3.05) is 13.2 Å². The predicted molar refractivity (Wildman–Crippen MR) is 304 cm³/mol. The van der Waals surface area contributed by atoms with Crippen molar-refractivity contribution in [3.8, 4) is 5.88 Å². The standard InChI is InChI=1S/C30H37FN2O10.C16H19FN2O.C14H19BrO9/c1-15-10-11-21(13-24(15)31)12-23-16(2)33(22-8-7-9-22)32-29(23)43-30-28(41-20(6)37)27(40-19(5)36)26(39-18(4)35)25(42-30)14-38-17(3)34;1-10-6-7-12(9-15(10)17)8-14-11(2)19(18-16(14)20)13-4-3-5-13;1-6(16)20-5-10-11(21-7(2)17)12(22-8(3)18)13(14(15)24-10)23-9(4)19/h10-11,13,22,25-28,30H,7-9,12,14H2,1-6H3;6-7,9,13H,3-5,8H2,1-2H3,(H,18,20);10-14H,5H2,1-4H3/t25-,26-,27+,28-,30+;;10-,11-,12+,13-,14+/m1.1/s1. The number of aromatic nitrogens is 4. The number of hydrogen-bond acceptors (Lipinski definition) is 21. The van der Waals surface area contributed by atoms with Crippen LogP contribution in [0.1, 0.15) is 151 Å². The lowest BCUT2D eigenvalue weighted by Gasteiger charge is -2.43. The van der Waals surface area contributed by atoms with Crippen LogP contribution in [0, 0.1) is 39.3 Å². The van der Waals surface area contributed by atoms with E-state index in [0.717, 1.165) is 89.2 Å². The first-order valence-electron chi connectivity index (χ1n) is 28.3. The monoisotopic (exact) mass is 1290 g/mol. The lowest BCUT2D eigenvalue weighted by atomic mass is 9.93. The highest BCUT2D eigenvalue weighted by molar-refractivity contribution is 9.09. The van der Waals surface area contributed by atoms with Crippen LogP contribution in [-0.2, 0) is 98.6 Å². The summed E-state index contributed by atoms with van der Waals surface area (Å²) in [7, 11) is 0. The number of hydrogen-bond donors (Lipinski definition) is 1. The molecule has 2 saturated carbocycles. The van der Waals surface area contributed by atoms with Gasteiger partial charge in [-0.2, -0.15) is 0 Å². The van der Waals surface area contributed by atoms with Crippen molar-refractivity contribution in [1.29, 1.82) is 0 Å². The van der Waals surface area contributed by atoms with Crippen molar-refractivity contribution in [3.63, 3.8) is 0 Å². The summed E-state index contributed by atoms with van der Waals surface area (Å²) in [6.45, 7) is 16.0. The summed E-state index contributed by atoms with van der Waals surface area (Å²) in [6.07, 6.45) is -3.76. The van der Waals surface area contributed by atoms with Crippen LogP contribution in [0.5, 0.6) is 5.88 Å². The van der Waals surface area contributed by atoms with Gasteiger partial charge in [-0.05, 0) is 101 Å². The Hall–Kier alpha value is -7.52. The molecule has 4 heterocycles. The van der Waals surface area contributed by atoms with E-state index in [1.165, 1.54) is 39.3 Å². The Morgan fingerprint density at radius 1 is 0.552 bits per heavy atom. The fourth-order valence-corrected chi connectivity index (χ4v) is 10.8. The molecule has 4 aromatic rings. The third kappa shape index (κ3) is 18.7. The summed E-state index contributed by atoms with van der Waals surface area (Å²) in [5.74, 6) is -5.79. The van der Waals surface area contributed by atoms with Gasteiger partial charge in [0.05, 0.1) is 12.1 Å². The Kier molecular flexibility index (Phi) is 24.4. The molecule has 0 unspecified atom stereocenters. The van der Waals surface area contributed by atoms with Crippen LogP contribution in [0.25, 0.3) is 0 Å². The molecule has 2 saturated heterocycles. The van der Waals surface area contributed by atoms with Gasteiger partial charge in [-0.25, -0.2) is 8.78 Å². The van der Waals surface area contributed by atoms with Crippen LogP contribution in [0.3, 0.4) is 0 Å². The SMILES string of the molecule is CC(=O)OC[C@H]1O[C@@H](Oc2nn(C3CCC3)c(C)c2Cc2ccc(C)c(F)c2)[C@H](OC(C)=O)[C@@H](OC(C)=O)[C@@H]1OC(C)=O.CC(=O)OC[C@H]1O[C@H](Br)[C@H](OC(C)=O)[C@@H](OC(C)=O)[C@@H]1OC(C)=O.Cc1ccc(Cc2c(C)n(C3CCC3)[nH]c2=O)cc1F. The molecule has 4 fully saturated rings. The smallest absolute Gasteiger partial charge is 0.303 e. The molecule has 87 heavy (non-hydrogen) atoms. The van der Waals surface area contributed by atoms with Crippen LogP contribution in [0.4, 0.5) is 8.78 Å². The highest BCUT2D eigenvalue weighted by atomic mass is 79.9. The van der Waals surface area contributed by atoms with Gasteiger partial charge in [-0.15, -0.1) is 5.10 Å². The first-order chi connectivity index (χ1) is 41.0. The number of aryl methyl sites for hydroxylation is 2. The zero-order valence-electron chi connectivity index (χ0n) is 50.6. The zero-order chi connectivity index (χ0) is 64.1. The number of rotatable bonds is 18. The van der Waals surface area contributed by atoms with Gasteiger partial charge in [-0.1, -0.05) is 40.2 Å². The van der Waals surface area contributed by atoms with E-state index in [1.54, 1.807) is 26.0 Å². The van der Waals surface area contributed by atoms with Gasteiger partial charge < -0.3 is 52.1 Å². The Labute approximate surface area is 509 Å². The van der Waals surface area contributed by atoms with E-state index in [9.17, 15) is 51.9 Å². The number of halogens is 3. The molecule has 2 aliphatic carbocycles. The second-order valence-corrected chi connectivity index (χ2v) is 22.5. The van der Waals surface area contributed by atoms with Crippen molar-refractivity contribution in [2.45, 2.75) is 207 Å². The van der Waals surface area contributed by atoms with E-state index in [-0.39, 0.29) is 48.8 Å². The lowest BCUT2D eigenvalue weighted by molar-refractivity contribution is -0.289. The van der Waals surface area contributed by atoms with Crippen molar-refractivity contribution in [1.82, 2.24) is 19.6 Å². The van der Waals surface area contributed by atoms with E-state index < -0.39 is 108 Å². The Morgan fingerprint density at radius 2 is 0.966 bits per heavy atom. The number of aromatic amines is 1. The van der Waals surface area contributed by atoms with E-state index in [4.69, 9.17) is 57.2 Å². The van der Waals surface area contributed by atoms with E-state index in [0.29, 0.717) is 34.7 Å². The Balaban J connectivity index is 0.000000231. The van der Waals surface area contributed by atoms with Gasteiger partial charge in [0.25, 0.3) is 5.56 Å². The third-order valence-electron chi connectivity index (χ3n) is 14.7. The second kappa shape index (κ2) is 30.9. The molecule has 27 heteroatoms. The maximum Gasteiger partial charge on any atom is 0.303 e. The van der Waals surface area contributed by atoms with Crippen LogP contribution in [0.2, 0.25) is 0 Å². The molecule has 2 aliphatic heterocycles. The second-order valence-electron chi connectivity index (χ2n) is 21.6. The average molecular weight is 1290 g/mol. The van der Waals surface area contributed by atoms with Gasteiger partial charge in [0.2, 0.25) is 18.3 Å². The summed E-state index contributed by atoms with van der Waals surface area (Å²) in [5, 5.41) is 6.80. The minimum Gasteiger partial charge on any atom is -0.463 e. The molecule has 0 amide bonds. The van der Waals surface area contributed by atoms with Gasteiger partial charge in [0.1, 0.15) is 37.1 Å². The molecule has 4 aliphatic rings. The van der Waals surface area contributed by atoms with Crippen LogP contribution >= 0.6 is 15.9 Å².